The Balaban J connectivity index is 1.78. The Morgan fingerprint density at radius 3 is 2.91 bits per heavy atom. The predicted molar refractivity (Wildman–Crippen MR) is 79.6 cm³/mol. The summed E-state index contributed by atoms with van der Waals surface area (Å²) in [5.41, 5.74) is 1.77. The van der Waals surface area contributed by atoms with E-state index in [1.165, 1.54) is 11.0 Å². The molecule has 0 saturated carbocycles. The molecule has 2 aromatic heterocycles. The third-order valence-corrected chi connectivity index (χ3v) is 3.29. The van der Waals surface area contributed by atoms with E-state index in [-0.39, 0.29) is 5.91 Å². The van der Waals surface area contributed by atoms with Crippen molar-refractivity contribution < 1.29 is 4.79 Å². The molecule has 22 heavy (non-hydrogen) atoms. The van der Waals surface area contributed by atoms with Crippen LogP contribution < -0.4 is 5.32 Å². The van der Waals surface area contributed by atoms with Gasteiger partial charge in [0.2, 0.25) is 0 Å². The number of halogens is 1. The summed E-state index contributed by atoms with van der Waals surface area (Å²) in [5.74, 6) is -0.287. The number of hydrogen-bond acceptors (Lipinski definition) is 5. The van der Waals surface area contributed by atoms with Gasteiger partial charge in [0.15, 0.2) is 0 Å². The zero-order chi connectivity index (χ0) is 15.4. The molecule has 0 fully saturated rings. The van der Waals surface area contributed by atoms with Crippen LogP contribution in [0.5, 0.6) is 0 Å². The molecule has 0 atom stereocenters. The molecule has 2 heterocycles. The largest absolute Gasteiger partial charge is 0.346 e. The molecule has 0 spiro atoms. The minimum atomic E-state index is -0.287. The fourth-order valence-electron chi connectivity index (χ4n) is 1.88. The number of rotatable bonds is 4. The molecule has 8 heteroatoms. The Hall–Kier alpha value is -2.80. The van der Waals surface area contributed by atoms with Gasteiger partial charge in [-0.1, -0.05) is 17.7 Å². The molecule has 0 unspecified atom stereocenters. The summed E-state index contributed by atoms with van der Waals surface area (Å²) in [6.45, 7) is 0.325. The molecule has 1 N–H and O–H groups in total. The van der Waals surface area contributed by atoms with Gasteiger partial charge in [0.1, 0.15) is 6.33 Å². The molecule has 3 aromatic rings. The Labute approximate surface area is 130 Å². The first-order chi connectivity index (χ1) is 10.7. The normalized spacial score (nSPS) is 10.4. The molecule has 1 aromatic carbocycles. The third-order valence-electron chi connectivity index (χ3n) is 2.96. The first-order valence-electron chi connectivity index (χ1n) is 6.45. The van der Waals surface area contributed by atoms with Crippen LogP contribution in [0.4, 0.5) is 0 Å². The third kappa shape index (κ3) is 3.09. The van der Waals surface area contributed by atoms with Crippen LogP contribution in [-0.4, -0.2) is 31.1 Å². The molecule has 0 bridgehead atoms. The van der Waals surface area contributed by atoms with E-state index in [4.69, 9.17) is 11.6 Å². The first kappa shape index (κ1) is 14.2. The van der Waals surface area contributed by atoms with Crippen molar-refractivity contribution in [3.05, 3.63) is 65.2 Å². The number of hydrogen-bond donors (Lipinski definition) is 1. The molecule has 1 amide bonds. The number of benzene rings is 1. The number of carbonyl (C=O) groups excluding carboxylic acids is 1. The van der Waals surface area contributed by atoms with Crippen LogP contribution in [0.15, 0.2) is 48.9 Å². The molecule has 0 aliphatic rings. The summed E-state index contributed by atoms with van der Waals surface area (Å²) in [5, 5.41) is 14.0. The molecule has 3 rings (SSSR count). The van der Waals surface area contributed by atoms with Crippen molar-refractivity contribution in [1.82, 2.24) is 30.5 Å². The van der Waals surface area contributed by atoms with E-state index in [2.05, 4.69) is 25.8 Å². The van der Waals surface area contributed by atoms with Crippen molar-refractivity contribution in [2.75, 3.05) is 0 Å². The predicted octanol–water partition coefficient (Wildman–Crippen LogP) is 1.64. The lowest BCUT2D eigenvalue weighted by Gasteiger charge is -2.08. The van der Waals surface area contributed by atoms with E-state index in [9.17, 15) is 4.79 Å². The van der Waals surface area contributed by atoms with Gasteiger partial charge in [0.25, 0.3) is 5.91 Å². The van der Waals surface area contributed by atoms with E-state index in [1.54, 1.807) is 24.4 Å². The second-order valence-corrected chi connectivity index (χ2v) is 4.83. The SMILES string of the molecule is O=C(NCc1ccccn1)c1cc(-n2cnnn2)ccc1Cl. The van der Waals surface area contributed by atoms with Crippen molar-refractivity contribution >= 4 is 17.5 Å². The maximum absolute atomic E-state index is 12.3. The van der Waals surface area contributed by atoms with E-state index in [0.717, 1.165) is 5.69 Å². The lowest BCUT2D eigenvalue weighted by Crippen LogP contribution is -2.23. The van der Waals surface area contributed by atoms with E-state index >= 15 is 0 Å². The topological polar surface area (TPSA) is 85.6 Å². The maximum Gasteiger partial charge on any atom is 0.253 e. The van der Waals surface area contributed by atoms with Crippen LogP contribution in [0.3, 0.4) is 0 Å². The van der Waals surface area contributed by atoms with Gasteiger partial charge < -0.3 is 5.32 Å². The van der Waals surface area contributed by atoms with Gasteiger partial charge in [-0.3, -0.25) is 9.78 Å². The second-order valence-electron chi connectivity index (χ2n) is 4.42. The van der Waals surface area contributed by atoms with Gasteiger partial charge >= 0.3 is 0 Å². The summed E-state index contributed by atoms with van der Waals surface area (Å²) >= 11 is 6.10. The number of amides is 1. The number of carbonyl (C=O) groups is 1. The highest BCUT2D eigenvalue weighted by molar-refractivity contribution is 6.33. The fourth-order valence-corrected chi connectivity index (χ4v) is 2.08. The van der Waals surface area contributed by atoms with Gasteiger partial charge in [0, 0.05) is 6.20 Å². The number of tetrazole rings is 1. The minimum Gasteiger partial charge on any atom is -0.346 e. The lowest BCUT2D eigenvalue weighted by atomic mass is 10.2. The molecule has 0 aliphatic carbocycles. The van der Waals surface area contributed by atoms with Gasteiger partial charge in [-0.2, -0.15) is 0 Å². The van der Waals surface area contributed by atoms with Gasteiger partial charge in [-0.15, -0.1) is 5.10 Å². The molecule has 110 valence electrons. The van der Waals surface area contributed by atoms with Crippen molar-refractivity contribution in [2.24, 2.45) is 0 Å². The van der Waals surface area contributed by atoms with Crippen LogP contribution in [0.2, 0.25) is 5.02 Å². The molecule has 0 saturated heterocycles. The lowest BCUT2D eigenvalue weighted by molar-refractivity contribution is 0.0950. The van der Waals surface area contributed by atoms with E-state index < -0.39 is 0 Å². The van der Waals surface area contributed by atoms with Gasteiger partial charge in [-0.25, -0.2) is 4.68 Å². The van der Waals surface area contributed by atoms with Crippen LogP contribution in [0.1, 0.15) is 16.1 Å². The average Bonchev–Trinajstić information content (AvgIpc) is 3.08. The van der Waals surface area contributed by atoms with Crippen LogP contribution in [0.25, 0.3) is 5.69 Å². The van der Waals surface area contributed by atoms with Crippen molar-refractivity contribution in [3.8, 4) is 5.69 Å². The smallest absolute Gasteiger partial charge is 0.253 e. The maximum atomic E-state index is 12.3. The van der Waals surface area contributed by atoms with Crippen LogP contribution in [0, 0.1) is 0 Å². The highest BCUT2D eigenvalue weighted by Crippen LogP contribution is 2.19. The first-order valence-corrected chi connectivity index (χ1v) is 6.83. The number of aromatic nitrogens is 5. The average molecular weight is 315 g/mol. The summed E-state index contributed by atoms with van der Waals surface area (Å²) in [6, 6.07) is 10.5. The standard InChI is InChI=1S/C14H11ClN6O/c15-13-5-4-11(21-9-18-19-20-21)7-12(13)14(22)17-8-10-3-1-2-6-16-10/h1-7,9H,8H2,(H,17,22). The minimum absolute atomic E-state index is 0.287. The Morgan fingerprint density at radius 1 is 1.27 bits per heavy atom. The summed E-state index contributed by atoms with van der Waals surface area (Å²) in [6.07, 6.45) is 3.12. The molecular weight excluding hydrogens is 304 g/mol. The molecular formula is C14H11ClN6O. The summed E-state index contributed by atoms with van der Waals surface area (Å²) in [7, 11) is 0. The molecule has 7 nitrogen and oxygen atoms in total. The highest BCUT2D eigenvalue weighted by Gasteiger charge is 2.12. The number of pyridine rings is 1. The van der Waals surface area contributed by atoms with Crippen LogP contribution in [-0.2, 0) is 6.54 Å². The Bertz CT molecular complexity index is 775. The summed E-state index contributed by atoms with van der Waals surface area (Å²) in [4.78, 5) is 16.4. The number of nitrogens with one attached hydrogen (secondary N) is 1. The monoisotopic (exact) mass is 314 g/mol. The highest BCUT2D eigenvalue weighted by atomic mass is 35.5. The van der Waals surface area contributed by atoms with Crippen molar-refractivity contribution in [1.29, 1.82) is 0 Å². The quantitative estimate of drug-likeness (QED) is 0.791. The van der Waals surface area contributed by atoms with Crippen LogP contribution >= 0.6 is 11.6 Å². The zero-order valence-corrected chi connectivity index (χ0v) is 12.1. The van der Waals surface area contributed by atoms with E-state index in [1.807, 2.05) is 18.2 Å². The van der Waals surface area contributed by atoms with Gasteiger partial charge in [0.05, 0.1) is 28.5 Å². The Morgan fingerprint density at radius 2 is 2.18 bits per heavy atom. The second kappa shape index (κ2) is 6.31. The molecule has 0 aliphatic heterocycles. The zero-order valence-electron chi connectivity index (χ0n) is 11.3. The number of nitrogens with zero attached hydrogens (tertiary/aromatic N) is 5. The molecule has 0 radical (unpaired) electrons. The van der Waals surface area contributed by atoms with Crippen molar-refractivity contribution in [3.63, 3.8) is 0 Å². The summed E-state index contributed by atoms with van der Waals surface area (Å²) < 4.78 is 1.45. The van der Waals surface area contributed by atoms with Crippen molar-refractivity contribution in [2.45, 2.75) is 6.54 Å². The van der Waals surface area contributed by atoms with E-state index in [0.29, 0.717) is 22.8 Å². The fraction of sp³-hybridized carbons (Fsp3) is 0.0714. The van der Waals surface area contributed by atoms with Gasteiger partial charge in [-0.05, 0) is 40.8 Å². The Kier molecular flexibility index (Phi) is 4.06.